The Morgan fingerprint density at radius 3 is 2.85 bits per heavy atom. The van der Waals surface area contributed by atoms with Crippen molar-refractivity contribution in [3.05, 3.63) is 27.6 Å². The summed E-state index contributed by atoms with van der Waals surface area (Å²) in [6, 6.07) is 6.05. The number of anilines is 1. The van der Waals surface area contributed by atoms with E-state index in [4.69, 9.17) is 4.74 Å². The quantitative estimate of drug-likeness (QED) is 0.537. The van der Waals surface area contributed by atoms with E-state index in [9.17, 15) is 4.39 Å². The lowest BCUT2D eigenvalue weighted by atomic mass is 10.2. The highest BCUT2D eigenvalue weighted by Crippen LogP contribution is 2.28. The van der Waals surface area contributed by atoms with E-state index in [1.165, 1.54) is 0 Å². The number of hydrogen-bond donors (Lipinski definition) is 0. The average molecular weight is 391 g/mol. The van der Waals surface area contributed by atoms with Crippen LogP contribution in [-0.4, -0.2) is 43.1 Å². The predicted octanol–water partition coefficient (Wildman–Crippen LogP) is 2.92. The second-order valence-electron chi connectivity index (χ2n) is 4.46. The Morgan fingerprint density at radius 2 is 2.20 bits per heavy atom. The van der Waals surface area contributed by atoms with Crippen molar-refractivity contribution in [3.8, 4) is 0 Å². The molecule has 2 aromatic rings. The van der Waals surface area contributed by atoms with Crippen molar-refractivity contribution < 1.29 is 9.13 Å². The van der Waals surface area contributed by atoms with Crippen LogP contribution < -0.4 is 4.90 Å². The van der Waals surface area contributed by atoms with E-state index in [0.717, 1.165) is 27.0 Å². The topological polar surface area (TPSA) is 29.8 Å². The summed E-state index contributed by atoms with van der Waals surface area (Å²) >= 11 is 2.26. The molecule has 20 heavy (non-hydrogen) atoms. The Balaban J connectivity index is 2.51. The molecule has 0 radical (unpaired) electrons. The van der Waals surface area contributed by atoms with Crippen molar-refractivity contribution >= 4 is 33.8 Å². The number of halogens is 2. The van der Waals surface area contributed by atoms with E-state index in [1.807, 2.05) is 27.6 Å². The van der Waals surface area contributed by atoms with E-state index >= 15 is 0 Å². The molecule has 0 spiro atoms. The van der Waals surface area contributed by atoms with Crippen LogP contribution in [0.25, 0.3) is 5.52 Å². The van der Waals surface area contributed by atoms with Gasteiger partial charge in [-0.25, -0.2) is 8.91 Å². The molecule has 2 rings (SSSR count). The molecule has 0 saturated carbocycles. The van der Waals surface area contributed by atoms with Gasteiger partial charge in [0.2, 0.25) is 0 Å². The first-order valence-electron chi connectivity index (χ1n) is 6.68. The summed E-state index contributed by atoms with van der Waals surface area (Å²) in [5.74, 6) is 0. The first-order valence-corrected chi connectivity index (χ1v) is 7.76. The molecule has 0 unspecified atom stereocenters. The van der Waals surface area contributed by atoms with Gasteiger partial charge in [-0.15, -0.1) is 0 Å². The molecule has 2 aromatic heterocycles. The number of ether oxygens (including phenoxy) is 1. The smallest absolute Gasteiger partial charge is 0.107 e. The van der Waals surface area contributed by atoms with Gasteiger partial charge in [-0.1, -0.05) is 13.0 Å². The largest absolute Gasteiger partial charge is 0.383 e. The Hall–Kier alpha value is -0.890. The maximum absolute atomic E-state index is 12.9. The van der Waals surface area contributed by atoms with E-state index in [2.05, 4.69) is 34.6 Å². The van der Waals surface area contributed by atoms with E-state index < -0.39 is 0 Å². The number of methoxy groups -OCH3 is 1. The fourth-order valence-corrected chi connectivity index (χ4v) is 2.87. The Kier molecular flexibility index (Phi) is 5.59. The van der Waals surface area contributed by atoms with Crippen LogP contribution in [0.4, 0.5) is 10.1 Å². The zero-order valence-corrected chi connectivity index (χ0v) is 13.9. The average Bonchev–Trinajstić information content (AvgIpc) is 2.83. The maximum Gasteiger partial charge on any atom is 0.107 e. The van der Waals surface area contributed by atoms with Crippen molar-refractivity contribution in [2.45, 2.75) is 13.3 Å². The molecule has 110 valence electrons. The van der Waals surface area contributed by atoms with E-state index in [-0.39, 0.29) is 6.67 Å². The third-order valence-electron chi connectivity index (χ3n) is 3.23. The molecule has 0 aliphatic heterocycles. The molecule has 0 bridgehead atoms. The lowest BCUT2D eigenvalue weighted by Gasteiger charge is -2.23. The summed E-state index contributed by atoms with van der Waals surface area (Å²) in [6.45, 7) is 3.30. The summed E-state index contributed by atoms with van der Waals surface area (Å²) in [5.41, 5.74) is 3.05. The van der Waals surface area contributed by atoms with Gasteiger partial charge >= 0.3 is 0 Å². The van der Waals surface area contributed by atoms with Gasteiger partial charge in [0.15, 0.2) is 0 Å². The van der Waals surface area contributed by atoms with Crippen molar-refractivity contribution in [2.75, 3.05) is 38.4 Å². The third-order valence-corrected chi connectivity index (χ3v) is 4.04. The van der Waals surface area contributed by atoms with Crippen LogP contribution in [0, 0.1) is 3.70 Å². The minimum atomic E-state index is -0.381. The van der Waals surface area contributed by atoms with Crippen molar-refractivity contribution in [1.29, 1.82) is 0 Å². The minimum absolute atomic E-state index is 0.364. The normalized spacial score (nSPS) is 11.2. The molecule has 2 heterocycles. The summed E-state index contributed by atoms with van der Waals surface area (Å²) < 4.78 is 21.0. The molecule has 0 saturated heterocycles. The summed E-state index contributed by atoms with van der Waals surface area (Å²) in [6.07, 6.45) is 0.822. The summed E-state index contributed by atoms with van der Waals surface area (Å²) in [7, 11) is 1.66. The van der Waals surface area contributed by atoms with Crippen molar-refractivity contribution in [3.63, 3.8) is 0 Å². The van der Waals surface area contributed by atoms with E-state index in [1.54, 1.807) is 7.11 Å². The van der Waals surface area contributed by atoms with Crippen molar-refractivity contribution in [2.24, 2.45) is 0 Å². The van der Waals surface area contributed by atoms with Crippen LogP contribution in [0.2, 0.25) is 0 Å². The van der Waals surface area contributed by atoms with Crippen LogP contribution >= 0.6 is 22.6 Å². The number of aromatic nitrogens is 2. The Labute approximate surface area is 132 Å². The monoisotopic (exact) mass is 391 g/mol. The zero-order valence-electron chi connectivity index (χ0n) is 11.8. The molecule has 0 aliphatic carbocycles. The SMILES string of the molecule is CCc1nn2c(I)cccc2c1N(CCF)CCOC. The maximum atomic E-state index is 12.9. The second-order valence-corrected chi connectivity index (χ2v) is 5.57. The van der Waals surface area contributed by atoms with Gasteiger partial charge in [-0.2, -0.15) is 5.10 Å². The van der Waals surface area contributed by atoms with Crippen LogP contribution in [0.15, 0.2) is 18.2 Å². The standard InChI is InChI=1S/C14H19FIN3O/c1-3-11-14(18(8-7-15)9-10-20-2)12-5-4-6-13(16)19(12)17-11/h4-6H,3,7-10H2,1-2H3. The number of nitrogens with zero attached hydrogens (tertiary/aromatic N) is 3. The van der Waals surface area contributed by atoms with Gasteiger partial charge in [0.25, 0.3) is 0 Å². The van der Waals surface area contributed by atoms with Crippen LogP contribution in [-0.2, 0) is 11.2 Å². The molecule has 0 amide bonds. The first-order chi connectivity index (χ1) is 9.72. The first kappa shape index (κ1) is 15.5. The fourth-order valence-electron chi connectivity index (χ4n) is 2.29. The highest BCUT2D eigenvalue weighted by Gasteiger charge is 2.18. The molecular weight excluding hydrogens is 372 g/mol. The number of rotatable bonds is 7. The summed E-state index contributed by atoms with van der Waals surface area (Å²) in [4.78, 5) is 2.03. The van der Waals surface area contributed by atoms with Gasteiger partial charge in [-0.3, -0.25) is 0 Å². The number of aryl methyl sites for hydroxylation is 1. The van der Waals surface area contributed by atoms with Crippen LogP contribution in [0.3, 0.4) is 0 Å². The Bertz CT molecular complexity index is 573. The third kappa shape index (κ3) is 3.06. The highest BCUT2D eigenvalue weighted by molar-refractivity contribution is 14.1. The molecular formula is C14H19FIN3O. The van der Waals surface area contributed by atoms with Gasteiger partial charge < -0.3 is 9.64 Å². The number of hydrogen-bond acceptors (Lipinski definition) is 3. The fraction of sp³-hybridized carbons (Fsp3) is 0.500. The molecule has 4 nitrogen and oxygen atoms in total. The van der Waals surface area contributed by atoms with Gasteiger partial charge in [0.05, 0.1) is 23.5 Å². The number of fused-ring (bicyclic) bond motifs is 1. The molecule has 0 atom stereocenters. The summed E-state index contributed by atoms with van der Waals surface area (Å²) in [5, 5.41) is 4.65. The zero-order chi connectivity index (χ0) is 14.5. The van der Waals surface area contributed by atoms with E-state index in [0.29, 0.717) is 19.7 Å². The van der Waals surface area contributed by atoms with Gasteiger partial charge in [0.1, 0.15) is 10.4 Å². The number of alkyl halides is 1. The van der Waals surface area contributed by atoms with Gasteiger partial charge in [0, 0.05) is 20.2 Å². The van der Waals surface area contributed by atoms with Crippen molar-refractivity contribution in [1.82, 2.24) is 9.61 Å². The number of pyridine rings is 1. The van der Waals surface area contributed by atoms with Crippen LogP contribution in [0.1, 0.15) is 12.6 Å². The molecule has 0 aliphatic rings. The van der Waals surface area contributed by atoms with Crippen LogP contribution in [0.5, 0.6) is 0 Å². The van der Waals surface area contributed by atoms with Gasteiger partial charge in [-0.05, 0) is 41.1 Å². The molecule has 0 fully saturated rings. The molecule has 6 heteroatoms. The minimum Gasteiger partial charge on any atom is -0.383 e. The lowest BCUT2D eigenvalue weighted by Crippen LogP contribution is -2.30. The second kappa shape index (κ2) is 7.21. The lowest BCUT2D eigenvalue weighted by molar-refractivity contribution is 0.204. The predicted molar refractivity (Wildman–Crippen MR) is 87.4 cm³/mol. The highest BCUT2D eigenvalue weighted by atomic mass is 127. The molecule has 0 aromatic carbocycles. The molecule has 0 N–H and O–H groups in total. The Morgan fingerprint density at radius 1 is 1.40 bits per heavy atom.